The third-order valence-corrected chi connectivity index (χ3v) is 1.63. The number of hydrogen-bond acceptors (Lipinski definition) is 5. The van der Waals surface area contributed by atoms with Gasteiger partial charge in [-0.15, -0.1) is 0 Å². The molecule has 58 valence electrons. The number of oxazole rings is 2. The molecular formula is C7H3N3O2. The van der Waals surface area contributed by atoms with Crippen LogP contribution >= 0.6 is 0 Å². The highest BCUT2D eigenvalue weighted by Crippen LogP contribution is 2.16. The van der Waals surface area contributed by atoms with E-state index in [0.717, 1.165) is 0 Å². The third kappa shape index (κ3) is 0.597. The fourth-order valence-electron chi connectivity index (χ4n) is 1.08. The van der Waals surface area contributed by atoms with Crippen molar-refractivity contribution in [3.63, 3.8) is 0 Å². The van der Waals surface area contributed by atoms with Gasteiger partial charge in [-0.3, -0.25) is 0 Å². The molecular weight excluding hydrogens is 158 g/mol. The first-order valence-corrected chi connectivity index (χ1v) is 3.37. The quantitative estimate of drug-likeness (QED) is 0.498. The molecule has 0 aliphatic heterocycles. The van der Waals surface area contributed by atoms with Crippen LogP contribution in [0.25, 0.3) is 22.5 Å². The minimum absolute atomic E-state index is 0.483. The highest BCUT2D eigenvalue weighted by molar-refractivity contribution is 5.82. The topological polar surface area (TPSA) is 65.0 Å². The average Bonchev–Trinajstić information content (AvgIpc) is 2.64. The molecule has 0 aliphatic rings. The van der Waals surface area contributed by atoms with Crippen LogP contribution in [0.5, 0.6) is 0 Å². The lowest BCUT2D eigenvalue weighted by atomic mass is 10.4. The van der Waals surface area contributed by atoms with Crippen LogP contribution in [0.3, 0.4) is 0 Å². The van der Waals surface area contributed by atoms with E-state index < -0.39 is 0 Å². The molecule has 0 spiro atoms. The molecule has 3 aromatic heterocycles. The summed E-state index contributed by atoms with van der Waals surface area (Å²) >= 11 is 0. The maximum absolute atomic E-state index is 5.04. The standard InChI is InChI=1S/C7H3N3O2/c1-4-7(12-2-8-4)10-6-5(1)11-3-9-6/h1-3H. The average molecular weight is 161 g/mol. The van der Waals surface area contributed by atoms with Gasteiger partial charge in [0.25, 0.3) is 0 Å². The Hall–Kier alpha value is -1.91. The number of nitrogens with zero attached hydrogens (tertiary/aromatic N) is 3. The molecule has 0 radical (unpaired) electrons. The summed E-state index contributed by atoms with van der Waals surface area (Å²) in [6.07, 6.45) is 2.69. The molecule has 3 heterocycles. The summed E-state index contributed by atoms with van der Waals surface area (Å²) in [6.45, 7) is 0. The van der Waals surface area contributed by atoms with Gasteiger partial charge in [-0.25, -0.2) is 4.98 Å². The van der Waals surface area contributed by atoms with Gasteiger partial charge in [0.05, 0.1) is 0 Å². The van der Waals surface area contributed by atoms with E-state index in [0.29, 0.717) is 22.5 Å². The van der Waals surface area contributed by atoms with Crippen molar-refractivity contribution < 1.29 is 8.83 Å². The first-order chi connectivity index (χ1) is 5.93. The molecule has 5 nitrogen and oxygen atoms in total. The van der Waals surface area contributed by atoms with Crippen molar-refractivity contribution in [1.29, 1.82) is 0 Å². The van der Waals surface area contributed by atoms with Crippen molar-refractivity contribution in [1.82, 2.24) is 15.0 Å². The molecule has 0 aliphatic carbocycles. The van der Waals surface area contributed by atoms with Crippen LogP contribution in [0, 0.1) is 0 Å². The minimum Gasteiger partial charge on any atom is -0.442 e. The van der Waals surface area contributed by atoms with Crippen LogP contribution < -0.4 is 0 Å². The Balaban J connectivity index is 2.62. The highest BCUT2D eigenvalue weighted by Gasteiger charge is 2.05. The molecule has 0 saturated carbocycles. The number of aromatic nitrogens is 3. The zero-order chi connectivity index (χ0) is 7.97. The molecule has 0 bridgehead atoms. The Kier molecular flexibility index (Phi) is 0.864. The van der Waals surface area contributed by atoms with Crippen LogP contribution in [0.15, 0.2) is 27.7 Å². The van der Waals surface area contributed by atoms with Gasteiger partial charge in [-0.05, 0) is 0 Å². The highest BCUT2D eigenvalue weighted by atomic mass is 16.3. The Morgan fingerprint density at radius 3 is 3.00 bits per heavy atom. The van der Waals surface area contributed by atoms with Crippen molar-refractivity contribution in [3.05, 3.63) is 18.9 Å². The van der Waals surface area contributed by atoms with Crippen LogP contribution in [0.4, 0.5) is 0 Å². The first-order valence-electron chi connectivity index (χ1n) is 3.37. The Morgan fingerprint density at radius 2 is 2.00 bits per heavy atom. The molecule has 5 heteroatoms. The second-order valence-corrected chi connectivity index (χ2v) is 2.34. The van der Waals surface area contributed by atoms with Crippen molar-refractivity contribution in [2.24, 2.45) is 0 Å². The van der Waals surface area contributed by atoms with Crippen LogP contribution in [-0.2, 0) is 0 Å². The van der Waals surface area contributed by atoms with Crippen LogP contribution in [-0.4, -0.2) is 15.0 Å². The van der Waals surface area contributed by atoms with Gasteiger partial charge in [0.15, 0.2) is 18.4 Å². The lowest BCUT2D eigenvalue weighted by molar-refractivity contribution is 0.591. The van der Waals surface area contributed by atoms with Crippen LogP contribution in [0.2, 0.25) is 0 Å². The summed E-state index contributed by atoms with van der Waals surface area (Å²) in [7, 11) is 0. The minimum atomic E-state index is 0.483. The first kappa shape index (κ1) is 5.70. The summed E-state index contributed by atoms with van der Waals surface area (Å²) in [4.78, 5) is 11.9. The van der Waals surface area contributed by atoms with Crippen molar-refractivity contribution in [3.8, 4) is 0 Å². The summed E-state index contributed by atoms with van der Waals surface area (Å²) in [5.41, 5.74) is 2.33. The Labute approximate surface area is 66.0 Å². The lowest BCUT2D eigenvalue weighted by Crippen LogP contribution is -1.76. The lowest BCUT2D eigenvalue weighted by Gasteiger charge is -1.83. The fourth-order valence-corrected chi connectivity index (χ4v) is 1.08. The fraction of sp³-hybridized carbons (Fsp3) is 0. The summed E-state index contributed by atoms with van der Waals surface area (Å²) in [5.74, 6) is 0. The third-order valence-electron chi connectivity index (χ3n) is 1.63. The monoisotopic (exact) mass is 161 g/mol. The Bertz CT molecular complexity index is 449. The molecule has 0 unspecified atom stereocenters. The zero-order valence-electron chi connectivity index (χ0n) is 5.89. The number of pyridine rings is 1. The number of fused-ring (bicyclic) bond motifs is 2. The summed E-state index contributed by atoms with van der Waals surface area (Å²) in [5, 5.41) is 0. The maximum Gasteiger partial charge on any atom is 0.248 e. The smallest absolute Gasteiger partial charge is 0.248 e. The number of rotatable bonds is 0. The van der Waals surface area contributed by atoms with Gasteiger partial charge in [-0.2, -0.15) is 9.97 Å². The SMILES string of the molecule is c1nc2nc3ocnc3cc2o1. The van der Waals surface area contributed by atoms with Gasteiger partial charge in [-0.1, -0.05) is 0 Å². The predicted octanol–water partition coefficient (Wildman–Crippen LogP) is 1.36. The summed E-state index contributed by atoms with van der Waals surface area (Å²) in [6, 6.07) is 1.74. The molecule has 3 rings (SSSR count). The van der Waals surface area contributed by atoms with E-state index in [1.54, 1.807) is 6.07 Å². The van der Waals surface area contributed by atoms with Gasteiger partial charge in [0, 0.05) is 6.07 Å². The largest absolute Gasteiger partial charge is 0.442 e. The second kappa shape index (κ2) is 1.82. The predicted molar refractivity (Wildman–Crippen MR) is 39.4 cm³/mol. The molecule has 0 aromatic carbocycles. The van der Waals surface area contributed by atoms with E-state index in [-0.39, 0.29) is 0 Å². The molecule has 0 fully saturated rings. The van der Waals surface area contributed by atoms with E-state index in [9.17, 15) is 0 Å². The molecule has 0 saturated heterocycles. The second-order valence-electron chi connectivity index (χ2n) is 2.34. The molecule has 0 N–H and O–H groups in total. The molecule has 3 aromatic rings. The van der Waals surface area contributed by atoms with Crippen molar-refractivity contribution in [2.75, 3.05) is 0 Å². The van der Waals surface area contributed by atoms with E-state index in [1.807, 2.05) is 0 Å². The van der Waals surface area contributed by atoms with E-state index in [2.05, 4.69) is 15.0 Å². The van der Waals surface area contributed by atoms with Crippen LogP contribution in [0.1, 0.15) is 0 Å². The van der Waals surface area contributed by atoms with Gasteiger partial charge >= 0.3 is 0 Å². The normalized spacial score (nSPS) is 11.3. The van der Waals surface area contributed by atoms with Crippen molar-refractivity contribution in [2.45, 2.75) is 0 Å². The van der Waals surface area contributed by atoms with Gasteiger partial charge in [0.2, 0.25) is 11.4 Å². The molecule has 0 atom stereocenters. The molecule has 12 heavy (non-hydrogen) atoms. The van der Waals surface area contributed by atoms with E-state index in [1.165, 1.54) is 12.8 Å². The van der Waals surface area contributed by atoms with Gasteiger partial charge < -0.3 is 8.83 Å². The number of hydrogen-bond donors (Lipinski definition) is 0. The molecule has 0 amide bonds. The summed E-state index contributed by atoms with van der Waals surface area (Å²) < 4.78 is 10.0. The Morgan fingerprint density at radius 1 is 1.08 bits per heavy atom. The van der Waals surface area contributed by atoms with E-state index in [4.69, 9.17) is 8.83 Å². The maximum atomic E-state index is 5.04. The van der Waals surface area contributed by atoms with E-state index >= 15 is 0 Å². The zero-order valence-corrected chi connectivity index (χ0v) is 5.89. The van der Waals surface area contributed by atoms with Crippen molar-refractivity contribution >= 4 is 22.5 Å². The van der Waals surface area contributed by atoms with Gasteiger partial charge in [0.1, 0.15) is 5.52 Å².